The Hall–Kier alpha value is -7.44. The smallest absolute Gasteiger partial charge is 0.195 e. The van der Waals surface area contributed by atoms with E-state index in [4.69, 9.17) is 23.7 Å². The van der Waals surface area contributed by atoms with E-state index in [9.17, 15) is 14.7 Å². The Kier molecular flexibility index (Phi) is 14.4. The van der Waals surface area contributed by atoms with Crippen molar-refractivity contribution in [2.75, 3.05) is 41.5 Å². The van der Waals surface area contributed by atoms with Gasteiger partial charge in [-0.3, -0.25) is 14.5 Å². The fourth-order valence-electron chi connectivity index (χ4n) is 8.56. The van der Waals surface area contributed by atoms with Crippen LogP contribution in [0.25, 0.3) is 41.1 Å². The van der Waals surface area contributed by atoms with E-state index in [2.05, 4.69) is 35.2 Å². The van der Waals surface area contributed by atoms with Gasteiger partial charge >= 0.3 is 0 Å². The molecule has 1 saturated heterocycles. The zero-order chi connectivity index (χ0) is 47.9. The van der Waals surface area contributed by atoms with E-state index in [1.165, 1.54) is 17.7 Å². The monoisotopic (exact) mass is 953 g/mol. The summed E-state index contributed by atoms with van der Waals surface area (Å²) in [4.78, 5) is 31.7. The number of carbonyl (C=O) groups is 2. The van der Waals surface area contributed by atoms with Gasteiger partial charge in [-0.15, -0.1) is 22.7 Å². The standard InChI is InChI=1S/C35H33NO4S.C23H18O4S/c1-38-27-12-10-26(11-13-27)35-33(31-17-16-30(39-2)22-32(31)41-35)34(37)25-8-14-28(15-9-25)40-29-18-20-36(21-19-29)23-24-6-4-3-5-7-24;1-26-17-9-5-15(6-10-17)23-21(22(25)14-3-7-16(24)8-4-14)19-12-11-18(27-2)13-20(19)28-23/h3-17,22,29H,18-21,23H2,1-2H3;3-13,24H,1-2H3. The molecule has 0 aliphatic carbocycles. The number of thiophene rings is 2. The van der Waals surface area contributed by atoms with Crippen LogP contribution in [-0.2, 0) is 6.54 Å². The van der Waals surface area contributed by atoms with Crippen molar-refractivity contribution in [3.63, 3.8) is 0 Å². The highest BCUT2D eigenvalue weighted by atomic mass is 32.1. The molecule has 1 fully saturated rings. The van der Waals surface area contributed by atoms with Gasteiger partial charge in [0.2, 0.25) is 0 Å². The van der Waals surface area contributed by atoms with E-state index in [0.717, 1.165) is 102 Å². The van der Waals surface area contributed by atoms with Crippen LogP contribution in [-0.4, -0.2) is 69.2 Å². The number of phenolic OH excluding ortho intramolecular Hbond substituents is 1. The van der Waals surface area contributed by atoms with Gasteiger partial charge in [0.1, 0.15) is 40.6 Å². The molecule has 348 valence electrons. The van der Waals surface area contributed by atoms with Crippen molar-refractivity contribution in [3.05, 3.63) is 192 Å². The average Bonchev–Trinajstić information content (AvgIpc) is 3.98. The summed E-state index contributed by atoms with van der Waals surface area (Å²) in [5.74, 6) is 3.91. The summed E-state index contributed by atoms with van der Waals surface area (Å²) in [5, 5.41) is 11.4. The molecular formula is C58H51NO8S2. The first-order valence-corrected chi connectivity index (χ1v) is 24.3. The molecule has 9 nitrogen and oxygen atoms in total. The molecule has 0 bridgehead atoms. The summed E-state index contributed by atoms with van der Waals surface area (Å²) in [6, 6.07) is 51.7. The Bertz CT molecular complexity index is 3190. The van der Waals surface area contributed by atoms with Crippen molar-refractivity contribution >= 4 is 54.4 Å². The fraction of sp³-hybridized carbons (Fsp3) is 0.172. The van der Waals surface area contributed by atoms with Crippen molar-refractivity contribution in [2.24, 2.45) is 0 Å². The minimum atomic E-state index is -0.0813. The first kappa shape index (κ1) is 46.7. The van der Waals surface area contributed by atoms with Crippen molar-refractivity contribution in [2.45, 2.75) is 25.5 Å². The molecule has 1 aliphatic heterocycles. The van der Waals surface area contributed by atoms with Crippen LogP contribution in [0.3, 0.4) is 0 Å². The third-order valence-corrected chi connectivity index (χ3v) is 14.7. The van der Waals surface area contributed by atoms with Crippen LogP contribution in [0.1, 0.15) is 50.2 Å². The van der Waals surface area contributed by atoms with Crippen molar-refractivity contribution in [1.29, 1.82) is 0 Å². The molecule has 69 heavy (non-hydrogen) atoms. The number of aromatic hydroxyl groups is 1. The second kappa shape index (κ2) is 21.2. The number of carbonyl (C=O) groups excluding carboxylic acids is 2. The second-order valence-electron chi connectivity index (χ2n) is 16.6. The van der Waals surface area contributed by atoms with Crippen LogP contribution in [0.15, 0.2) is 164 Å². The Morgan fingerprint density at radius 2 is 0.942 bits per heavy atom. The summed E-state index contributed by atoms with van der Waals surface area (Å²) < 4.78 is 29.7. The third-order valence-electron chi connectivity index (χ3n) is 12.3. The molecule has 11 heteroatoms. The van der Waals surface area contributed by atoms with Gasteiger partial charge < -0.3 is 28.8 Å². The fourth-order valence-corrected chi connectivity index (χ4v) is 11.0. The lowest BCUT2D eigenvalue weighted by atomic mass is 9.97. The molecule has 10 rings (SSSR count). The summed E-state index contributed by atoms with van der Waals surface area (Å²) >= 11 is 3.15. The lowest BCUT2D eigenvalue weighted by Gasteiger charge is -2.32. The van der Waals surface area contributed by atoms with Gasteiger partial charge in [-0.05, 0) is 163 Å². The van der Waals surface area contributed by atoms with Gasteiger partial charge in [0.15, 0.2) is 11.6 Å². The maximum atomic E-state index is 14.0. The maximum Gasteiger partial charge on any atom is 0.195 e. The molecule has 0 spiro atoms. The minimum absolute atomic E-state index is 0.00648. The number of ketones is 2. The van der Waals surface area contributed by atoms with E-state index in [1.54, 1.807) is 63.2 Å². The van der Waals surface area contributed by atoms with Crippen LogP contribution in [0.5, 0.6) is 34.5 Å². The normalized spacial score (nSPS) is 12.8. The van der Waals surface area contributed by atoms with Gasteiger partial charge in [-0.2, -0.15) is 0 Å². The maximum absolute atomic E-state index is 14.0. The molecule has 7 aromatic carbocycles. The first-order chi connectivity index (χ1) is 33.7. The number of fused-ring (bicyclic) bond motifs is 2. The van der Waals surface area contributed by atoms with E-state index in [-0.39, 0.29) is 23.4 Å². The van der Waals surface area contributed by atoms with Crippen LogP contribution in [0.4, 0.5) is 0 Å². The molecule has 0 unspecified atom stereocenters. The second-order valence-corrected chi connectivity index (χ2v) is 18.7. The van der Waals surface area contributed by atoms with Crippen molar-refractivity contribution in [3.8, 4) is 55.4 Å². The topological polar surface area (TPSA) is 104 Å². The molecule has 0 atom stereocenters. The third kappa shape index (κ3) is 10.5. The Morgan fingerprint density at radius 3 is 1.39 bits per heavy atom. The number of methoxy groups -OCH3 is 4. The van der Waals surface area contributed by atoms with Crippen LogP contribution < -0.4 is 23.7 Å². The zero-order valence-electron chi connectivity index (χ0n) is 38.8. The molecule has 2 aromatic heterocycles. The van der Waals surface area contributed by atoms with Crippen molar-refractivity contribution < 1.29 is 38.4 Å². The largest absolute Gasteiger partial charge is 0.508 e. The predicted octanol–water partition coefficient (Wildman–Crippen LogP) is 13.4. The lowest BCUT2D eigenvalue weighted by molar-refractivity contribution is 0.0967. The highest BCUT2D eigenvalue weighted by molar-refractivity contribution is 7.23. The van der Waals surface area contributed by atoms with E-state index in [1.807, 2.05) is 109 Å². The predicted molar refractivity (Wildman–Crippen MR) is 278 cm³/mol. The molecule has 1 N–H and O–H groups in total. The number of phenols is 1. The first-order valence-electron chi connectivity index (χ1n) is 22.6. The van der Waals surface area contributed by atoms with Gasteiger partial charge in [-0.25, -0.2) is 0 Å². The average molecular weight is 954 g/mol. The summed E-state index contributed by atoms with van der Waals surface area (Å²) in [6.45, 7) is 3.01. The number of likely N-dealkylation sites (tertiary alicyclic amines) is 1. The number of nitrogens with zero attached hydrogens (tertiary/aromatic N) is 1. The van der Waals surface area contributed by atoms with Crippen LogP contribution in [0.2, 0.25) is 0 Å². The van der Waals surface area contributed by atoms with Crippen LogP contribution >= 0.6 is 22.7 Å². The lowest BCUT2D eigenvalue weighted by Crippen LogP contribution is -2.37. The van der Waals surface area contributed by atoms with Gasteiger partial charge in [0.25, 0.3) is 0 Å². The van der Waals surface area contributed by atoms with E-state index in [0.29, 0.717) is 22.3 Å². The van der Waals surface area contributed by atoms with Crippen molar-refractivity contribution in [1.82, 2.24) is 4.90 Å². The van der Waals surface area contributed by atoms with E-state index < -0.39 is 0 Å². The quantitative estimate of drug-likeness (QED) is 0.107. The van der Waals surface area contributed by atoms with Gasteiger partial charge in [0.05, 0.1) is 28.4 Å². The zero-order valence-corrected chi connectivity index (χ0v) is 40.4. The Labute approximate surface area is 409 Å². The summed E-state index contributed by atoms with van der Waals surface area (Å²) in [6.07, 6.45) is 2.16. The molecular weight excluding hydrogens is 903 g/mol. The number of benzene rings is 7. The minimum Gasteiger partial charge on any atom is -0.508 e. The Balaban J connectivity index is 0.000000185. The highest BCUT2D eigenvalue weighted by Crippen LogP contribution is 2.43. The number of hydrogen-bond acceptors (Lipinski definition) is 11. The van der Waals surface area contributed by atoms with E-state index >= 15 is 0 Å². The number of rotatable bonds is 14. The molecule has 0 saturated carbocycles. The molecule has 9 aromatic rings. The summed E-state index contributed by atoms with van der Waals surface area (Å²) in [5.41, 5.74) is 5.80. The number of hydrogen-bond donors (Lipinski definition) is 1. The SMILES string of the molecule is COc1ccc(-c2sc3cc(OC)ccc3c2C(=O)c2ccc(O)cc2)cc1.COc1ccc(-c2sc3cc(OC)ccc3c2C(=O)c2ccc(OC3CCN(Cc4ccccc4)CC3)cc2)cc1. The summed E-state index contributed by atoms with van der Waals surface area (Å²) in [7, 11) is 6.56. The highest BCUT2D eigenvalue weighted by Gasteiger charge is 2.25. The molecule has 0 amide bonds. The van der Waals surface area contributed by atoms with Crippen LogP contribution in [0, 0.1) is 0 Å². The molecule has 1 aliphatic rings. The molecule has 0 radical (unpaired) electrons. The number of piperidine rings is 1. The molecule has 3 heterocycles. The number of ether oxygens (including phenoxy) is 5. The Morgan fingerprint density at radius 1 is 0.522 bits per heavy atom. The van der Waals surface area contributed by atoms with Gasteiger partial charge in [-0.1, -0.05) is 30.3 Å². The van der Waals surface area contributed by atoms with Gasteiger partial charge in [0, 0.05) is 71.8 Å².